The third kappa shape index (κ3) is 7.15. The number of unbranched alkanes of at least 4 members (excludes halogenated alkanes) is 5. The van der Waals surface area contributed by atoms with Crippen LogP contribution in [0.4, 0.5) is 0 Å². The highest BCUT2D eigenvalue weighted by Gasteiger charge is 2.42. The Morgan fingerprint density at radius 2 is 1.61 bits per heavy atom. The minimum atomic E-state index is -0.347. The van der Waals surface area contributed by atoms with Gasteiger partial charge in [-0.05, 0) is 37.0 Å². The largest absolute Gasteiger partial charge is 0.491 e. The molecule has 0 radical (unpaired) electrons. The smallest absolute Gasteiger partial charge is 0.316 e. The Morgan fingerprint density at radius 3 is 2.36 bits per heavy atom. The predicted molar refractivity (Wildman–Crippen MR) is 128 cm³/mol. The Balaban J connectivity index is 1.18. The molecule has 1 aliphatic heterocycles. The van der Waals surface area contributed by atoms with Crippen molar-refractivity contribution < 1.29 is 18.9 Å². The van der Waals surface area contributed by atoms with Crippen LogP contribution < -0.4 is 9.47 Å². The van der Waals surface area contributed by atoms with Gasteiger partial charge in [0.1, 0.15) is 18.5 Å². The fraction of sp³-hybridized carbons (Fsp3) is 0.630. The molecule has 1 aromatic heterocycles. The number of aromatic nitrogens is 2. The third-order valence-electron chi connectivity index (χ3n) is 6.51. The van der Waals surface area contributed by atoms with Gasteiger partial charge in [-0.15, -0.1) is 0 Å². The highest BCUT2D eigenvalue weighted by atomic mass is 16.7. The zero-order valence-corrected chi connectivity index (χ0v) is 20.0. The van der Waals surface area contributed by atoms with Gasteiger partial charge in [-0.2, -0.15) is 0 Å². The van der Waals surface area contributed by atoms with E-state index in [-0.39, 0.29) is 11.9 Å². The zero-order valence-electron chi connectivity index (χ0n) is 20.0. The lowest BCUT2D eigenvalue weighted by atomic mass is 9.94. The van der Waals surface area contributed by atoms with Crippen LogP contribution >= 0.6 is 0 Å². The number of ether oxygens (including phenoxy) is 4. The SMILES string of the molecule is CCCCCCCCOc1ncc(-c2ccc(OC[C@H]3COC4(CCCCC4)O3)cc2)cn1. The first-order valence-corrected chi connectivity index (χ1v) is 12.8. The van der Waals surface area contributed by atoms with E-state index in [4.69, 9.17) is 18.9 Å². The molecule has 2 aromatic rings. The van der Waals surface area contributed by atoms with Crippen molar-refractivity contribution in [3.8, 4) is 22.9 Å². The molecule has 1 aliphatic carbocycles. The van der Waals surface area contributed by atoms with Crippen LogP contribution in [0.25, 0.3) is 11.1 Å². The monoisotopic (exact) mass is 454 g/mol. The lowest BCUT2D eigenvalue weighted by Crippen LogP contribution is -2.34. The summed E-state index contributed by atoms with van der Waals surface area (Å²) < 4.78 is 23.8. The molecule has 1 aromatic carbocycles. The number of rotatable bonds is 12. The maximum Gasteiger partial charge on any atom is 0.316 e. The van der Waals surface area contributed by atoms with Gasteiger partial charge in [0.25, 0.3) is 0 Å². The summed E-state index contributed by atoms with van der Waals surface area (Å²) in [7, 11) is 0. The van der Waals surface area contributed by atoms with Crippen LogP contribution in [0.3, 0.4) is 0 Å². The molecule has 6 heteroatoms. The van der Waals surface area contributed by atoms with Crippen molar-refractivity contribution in [2.45, 2.75) is 89.4 Å². The molecule has 0 amide bonds. The van der Waals surface area contributed by atoms with Crippen molar-refractivity contribution in [3.63, 3.8) is 0 Å². The average molecular weight is 455 g/mol. The molecule has 1 spiro atoms. The van der Waals surface area contributed by atoms with E-state index in [0.717, 1.165) is 36.1 Å². The van der Waals surface area contributed by atoms with Crippen LogP contribution in [-0.4, -0.2) is 41.7 Å². The summed E-state index contributed by atoms with van der Waals surface area (Å²) in [6, 6.07) is 8.45. The molecule has 1 saturated carbocycles. The molecule has 2 heterocycles. The van der Waals surface area contributed by atoms with Crippen LogP contribution in [-0.2, 0) is 9.47 Å². The van der Waals surface area contributed by atoms with E-state index >= 15 is 0 Å². The Labute approximate surface area is 198 Å². The van der Waals surface area contributed by atoms with Crippen molar-refractivity contribution in [2.24, 2.45) is 0 Å². The standard InChI is InChI=1S/C27H38N2O4/c1-2-3-4-5-6-10-17-30-26-28-18-23(19-29-26)22-11-13-24(14-12-22)31-20-25-21-32-27(33-25)15-8-7-9-16-27/h11-14,18-19,25H,2-10,15-17,20-21H2,1H3/t25-/m0/s1. The van der Waals surface area contributed by atoms with E-state index < -0.39 is 0 Å². The first kappa shape index (κ1) is 24.0. The summed E-state index contributed by atoms with van der Waals surface area (Å²) in [6.07, 6.45) is 16.7. The first-order valence-electron chi connectivity index (χ1n) is 12.8. The Morgan fingerprint density at radius 1 is 0.879 bits per heavy atom. The maximum absolute atomic E-state index is 6.20. The normalized spacial score (nSPS) is 19.6. The molecule has 0 N–H and O–H groups in total. The van der Waals surface area contributed by atoms with Crippen molar-refractivity contribution in [1.29, 1.82) is 0 Å². The van der Waals surface area contributed by atoms with Crippen molar-refractivity contribution >= 4 is 0 Å². The molecule has 4 rings (SSSR count). The molecule has 0 unspecified atom stereocenters. The van der Waals surface area contributed by atoms with Crippen molar-refractivity contribution in [1.82, 2.24) is 9.97 Å². The number of hydrogen-bond acceptors (Lipinski definition) is 6. The molecule has 33 heavy (non-hydrogen) atoms. The molecule has 6 nitrogen and oxygen atoms in total. The molecule has 2 fully saturated rings. The molecular formula is C27H38N2O4. The summed E-state index contributed by atoms with van der Waals surface area (Å²) in [5, 5.41) is 0. The van der Waals surface area contributed by atoms with Gasteiger partial charge in [-0.3, -0.25) is 0 Å². The fourth-order valence-electron chi connectivity index (χ4n) is 4.57. The third-order valence-corrected chi connectivity index (χ3v) is 6.51. The van der Waals surface area contributed by atoms with Gasteiger partial charge in [0.15, 0.2) is 5.79 Å². The van der Waals surface area contributed by atoms with Crippen molar-refractivity contribution in [3.05, 3.63) is 36.7 Å². The molecular weight excluding hydrogens is 416 g/mol. The predicted octanol–water partition coefficient (Wildman–Crippen LogP) is 6.34. The molecule has 0 bridgehead atoms. The second-order valence-corrected chi connectivity index (χ2v) is 9.23. The lowest BCUT2D eigenvalue weighted by Gasteiger charge is -2.31. The Bertz CT molecular complexity index is 819. The Kier molecular flexibility index (Phi) is 8.95. The van der Waals surface area contributed by atoms with Gasteiger partial charge in [0.2, 0.25) is 0 Å². The van der Waals surface area contributed by atoms with Gasteiger partial charge >= 0.3 is 6.01 Å². The van der Waals surface area contributed by atoms with Crippen molar-refractivity contribution in [2.75, 3.05) is 19.8 Å². The highest BCUT2D eigenvalue weighted by molar-refractivity contribution is 5.62. The minimum absolute atomic E-state index is 0.0000569. The Hall–Kier alpha value is -2.18. The molecule has 1 atom stereocenters. The maximum atomic E-state index is 6.20. The van der Waals surface area contributed by atoms with E-state index in [1.807, 2.05) is 36.7 Å². The van der Waals surface area contributed by atoms with Gasteiger partial charge in [0.05, 0.1) is 13.2 Å². The summed E-state index contributed by atoms with van der Waals surface area (Å²) in [6.45, 7) is 4.03. The number of nitrogens with zero attached hydrogens (tertiary/aromatic N) is 2. The van der Waals surface area contributed by atoms with Crippen LogP contribution in [0.2, 0.25) is 0 Å². The minimum Gasteiger partial charge on any atom is -0.491 e. The quantitative estimate of drug-likeness (QED) is 0.349. The highest BCUT2D eigenvalue weighted by Crippen LogP contribution is 2.37. The second kappa shape index (κ2) is 12.3. The van der Waals surface area contributed by atoms with E-state index in [0.29, 0.717) is 25.8 Å². The number of benzene rings is 1. The van der Waals surface area contributed by atoms with Gasteiger partial charge in [0, 0.05) is 30.8 Å². The first-order chi connectivity index (χ1) is 16.3. The van der Waals surface area contributed by atoms with Crippen LogP contribution in [0.15, 0.2) is 36.7 Å². The summed E-state index contributed by atoms with van der Waals surface area (Å²) in [5.41, 5.74) is 2.01. The average Bonchev–Trinajstić information content (AvgIpc) is 3.25. The summed E-state index contributed by atoms with van der Waals surface area (Å²) in [4.78, 5) is 8.72. The second-order valence-electron chi connectivity index (χ2n) is 9.23. The zero-order chi connectivity index (χ0) is 22.8. The van der Waals surface area contributed by atoms with E-state index in [9.17, 15) is 0 Å². The van der Waals surface area contributed by atoms with Crippen LogP contribution in [0, 0.1) is 0 Å². The van der Waals surface area contributed by atoms with E-state index in [2.05, 4.69) is 16.9 Å². The van der Waals surface area contributed by atoms with Crippen LogP contribution in [0.1, 0.15) is 77.6 Å². The van der Waals surface area contributed by atoms with Gasteiger partial charge in [-0.1, -0.05) is 57.6 Å². The van der Waals surface area contributed by atoms with Gasteiger partial charge < -0.3 is 18.9 Å². The molecule has 180 valence electrons. The molecule has 1 saturated heterocycles. The summed E-state index contributed by atoms with van der Waals surface area (Å²) in [5.74, 6) is 0.479. The summed E-state index contributed by atoms with van der Waals surface area (Å²) >= 11 is 0. The molecule has 2 aliphatic rings. The lowest BCUT2D eigenvalue weighted by molar-refractivity contribution is -0.189. The fourth-order valence-corrected chi connectivity index (χ4v) is 4.57. The van der Waals surface area contributed by atoms with Gasteiger partial charge in [-0.25, -0.2) is 9.97 Å². The topological polar surface area (TPSA) is 62.7 Å². The van der Waals surface area contributed by atoms with E-state index in [1.54, 1.807) is 0 Å². The van der Waals surface area contributed by atoms with E-state index in [1.165, 1.54) is 51.4 Å². The van der Waals surface area contributed by atoms with Crippen LogP contribution in [0.5, 0.6) is 11.8 Å². The number of hydrogen-bond donors (Lipinski definition) is 0.